The number of carboxylic acid groups (broad SMARTS) is 1. The fraction of sp³-hybridized carbons (Fsp3) is 0. The molecule has 0 amide bonds. The average molecular weight is 392 g/mol. The molecule has 0 atom stereocenters. The van der Waals surface area contributed by atoms with Gasteiger partial charge in [0.1, 0.15) is 12.1 Å². The van der Waals surface area contributed by atoms with E-state index < -0.39 is 5.97 Å². The molecule has 4 rings (SSSR count). The molecular formula is C20H13FN4O2S. The Labute approximate surface area is 163 Å². The summed E-state index contributed by atoms with van der Waals surface area (Å²) in [5.74, 6) is -0.695. The number of aromatic carboxylic acids is 1. The fourth-order valence-corrected chi connectivity index (χ4v) is 3.63. The maximum Gasteiger partial charge on any atom is 0.335 e. The number of aromatic nitrogens is 2. The van der Waals surface area contributed by atoms with Crippen LogP contribution in [0.15, 0.2) is 66.0 Å². The van der Waals surface area contributed by atoms with E-state index in [1.54, 1.807) is 30.5 Å². The summed E-state index contributed by atoms with van der Waals surface area (Å²) >= 11 is 1.49. The van der Waals surface area contributed by atoms with Crippen molar-refractivity contribution in [1.29, 1.82) is 0 Å². The molecule has 0 saturated carbocycles. The average Bonchev–Trinajstić information content (AvgIpc) is 3.14. The quantitative estimate of drug-likeness (QED) is 0.382. The van der Waals surface area contributed by atoms with Gasteiger partial charge in [-0.15, -0.1) is 11.3 Å². The van der Waals surface area contributed by atoms with Crippen molar-refractivity contribution in [1.82, 2.24) is 9.97 Å². The summed E-state index contributed by atoms with van der Waals surface area (Å²) in [6.07, 6.45) is 3.02. The summed E-state index contributed by atoms with van der Waals surface area (Å²) in [4.78, 5) is 20.3. The molecule has 4 aromatic rings. The van der Waals surface area contributed by atoms with E-state index in [2.05, 4.69) is 20.5 Å². The zero-order chi connectivity index (χ0) is 19.5. The minimum absolute atomic E-state index is 0.217. The van der Waals surface area contributed by atoms with Gasteiger partial charge in [0, 0.05) is 4.88 Å². The Balaban J connectivity index is 1.57. The highest BCUT2D eigenvalue weighted by atomic mass is 32.1. The van der Waals surface area contributed by atoms with Crippen molar-refractivity contribution in [3.63, 3.8) is 0 Å². The van der Waals surface area contributed by atoms with Gasteiger partial charge in [0.05, 0.1) is 22.0 Å². The molecule has 2 aromatic carbocycles. The lowest BCUT2D eigenvalue weighted by atomic mass is 10.1. The molecule has 0 unspecified atom stereocenters. The molecule has 0 aliphatic carbocycles. The first-order valence-corrected chi connectivity index (χ1v) is 9.05. The number of anilines is 1. The number of carbonyl (C=O) groups is 1. The van der Waals surface area contributed by atoms with Crippen molar-refractivity contribution in [2.75, 3.05) is 5.43 Å². The topological polar surface area (TPSA) is 87.5 Å². The zero-order valence-electron chi connectivity index (χ0n) is 14.3. The smallest absolute Gasteiger partial charge is 0.335 e. The van der Waals surface area contributed by atoms with Gasteiger partial charge in [-0.05, 0) is 41.5 Å². The Morgan fingerprint density at radius 2 is 1.86 bits per heavy atom. The summed E-state index contributed by atoms with van der Waals surface area (Å²) in [6, 6.07) is 14.6. The third kappa shape index (κ3) is 3.72. The van der Waals surface area contributed by atoms with Gasteiger partial charge < -0.3 is 5.11 Å². The van der Waals surface area contributed by atoms with Gasteiger partial charge in [0.25, 0.3) is 0 Å². The van der Waals surface area contributed by atoms with Crippen molar-refractivity contribution in [2.24, 2.45) is 5.10 Å². The molecule has 2 heterocycles. The maximum absolute atomic E-state index is 13.1. The number of fused-ring (bicyclic) bond motifs is 1. The monoisotopic (exact) mass is 392 g/mol. The number of rotatable bonds is 5. The van der Waals surface area contributed by atoms with Crippen molar-refractivity contribution >= 4 is 39.6 Å². The molecule has 0 radical (unpaired) electrons. The lowest BCUT2D eigenvalue weighted by molar-refractivity contribution is 0.0697. The Kier molecular flexibility index (Phi) is 4.77. The second-order valence-corrected chi connectivity index (χ2v) is 6.90. The molecule has 28 heavy (non-hydrogen) atoms. The van der Waals surface area contributed by atoms with Crippen LogP contribution >= 0.6 is 11.3 Å². The van der Waals surface area contributed by atoms with Gasteiger partial charge in [-0.3, -0.25) is 5.43 Å². The Morgan fingerprint density at radius 3 is 2.57 bits per heavy atom. The van der Waals surface area contributed by atoms with Crippen LogP contribution in [0, 0.1) is 5.82 Å². The molecule has 138 valence electrons. The number of halogens is 1. The van der Waals surface area contributed by atoms with Gasteiger partial charge in [-0.2, -0.15) is 5.10 Å². The number of carboxylic acids is 1. The second kappa shape index (κ2) is 7.53. The zero-order valence-corrected chi connectivity index (χ0v) is 15.2. The first-order valence-electron chi connectivity index (χ1n) is 8.23. The van der Waals surface area contributed by atoms with Gasteiger partial charge in [0.15, 0.2) is 5.82 Å². The number of thiophene rings is 1. The molecule has 0 saturated heterocycles. The van der Waals surface area contributed by atoms with E-state index in [4.69, 9.17) is 5.11 Å². The number of benzene rings is 2. The van der Waals surface area contributed by atoms with Crippen molar-refractivity contribution in [3.8, 4) is 10.4 Å². The molecule has 0 bridgehead atoms. The Hall–Kier alpha value is -3.65. The van der Waals surface area contributed by atoms with Crippen LogP contribution < -0.4 is 5.43 Å². The van der Waals surface area contributed by atoms with Crippen LogP contribution in [-0.2, 0) is 0 Å². The summed E-state index contributed by atoms with van der Waals surface area (Å²) < 4.78 is 14.0. The lowest BCUT2D eigenvalue weighted by Gasteiger charge is -2.00. The van der Waals surface area contributed by atoms with Crippen LogP contribution in [0.3, 0.4) is 0 Å². The Bertz CT molecular complexity index is 1170. The molecule has 6 nitrogen and oxygen atoms in total. The summed E-state index contributed by atoms with van der Waals surface area (Å²) in [6.45, 7) is 0. The fourth-order valence-electron chi connectivity index (χ4n) is 2.57. The molecule has 0 aliphatic rings. The second-order valence-electron chi connectivity index (χ2n) is 5.85. The molecule has 0 fully saturated rings. The highest BCUT2D eigenvalue weighted by Gasteiger charge is 2.10. The number of nitrogens with zero attached hydrogens (tertiary/aromatic N) is 3. The van der Waals surface area contributed by atoms with E-state index >= 15 is 0 Å². The first kappa shape index (κ1) is 17.7. The van der Waals surface area contributed by atoms with Crippen molar-refractivity contribution < 1.29 is 14.3 Å². The lowest BCUT2D eigenvalue weighted by Crippen LogP contribution is -1.97. The van der Waals surface area contributed by atoms with Crippen molar-refractivity contribution in [2.45, 2.75) is 0 Å². The number of hydrogen-bond donors (Lipinski definition) is 2. The van der Waals surface area contributed by atoms with Crippen molar-refractivity contribution in [3.05, 3.63) is 77.9 Å². The van der Waals surface area contributed by atoms with Crippen LogP contribution in [0.25, 0.3) is 20.7 Å². The van der Waals surface area contributed by atoms with E-state index in [1.807, 2.05) is 6.07 Å². The van der Waals surface area contributed by atoms with Crippen LogP contribution in [-0.4, -0.2) is 27.3 Å². The third-order valence-corrected chi connectivity index (χ3v) is 5.16. The van der Waals surface area contributed by atoms with Gasteiger partial charge >= 0.3 is 5.97 Å². The normalized spacial score (nSPS) is 11.2. The molecule has 0 aliphatic heterocycles. The summed E-state index contributed by atoms with van der Waals surface area (Å²) in [7, 11) is 0. The van der Waals surface area contributed by atoms with E-state index in [-0.39, 0.29) is 11.4 Å². The molecule has 2 N–H and O–H groups in total. The van der Waals surface area contributed by atoms with Crippen LogP contribution in [0.2, 0.25) is 0 Å². The van der Waals surface area contributed by atoms with E-state index in [0.29, 0.717) is 5.82 Å². The first-order chi connectivity index (χ1) is 13.6. The van der Waals surface area contributed by atoms with E-state index in [0.717, 1.165) is 26.2 Å². The minimum Gasteiger partial charge on any atom is -0.478 e. The number of hydrogen-bond acceptors (Lipinski definition) is 6. The summed E-state index contributed by atoms with van der Waals surface area (Å²) in [5, 5.41) is 13.1. The van der Waals surface area contributed by atoms with Gasteiger partial charge in [-0.25, -0.2) is 19.2 Å². The van der Waals surface area contributed by atoms with Gasteiger partial charge in [0.2, 0.25) is 0 Å². The minimum atomic E-state index is -0.973. The van der Waals surface area contributed by atoms with Crippen LogP contribution in [0.4, 0.5) is 10.2 Å². The van der Waals surface area contributed by atoms with Crippen LogP contribution in [0.1, 0.15) is 15.9 Å². The maximum atomic E-state index is 13.1. The SMILES string of the molecule is O=C(O)c1ccc(/C=N/Nc2ncnc3cc(-c4ccc(F)cc4)sc23)cc1. The largest absolute Gasteiger partial charge is 0.478 e. The van der Waals surface area contributed by atoms with E-state index in [9.17, 15) is 9.18 Å². The molecule has 8 heteroatoms. The highest BCUT2D eigenvalue weighted by molar-refractivity contribution is 7.22. The van der Waals surface area contributed by atoms with Crippen LogP contribution in [0.5, 0.6) is 0 Å². The summed E-state index contributed by atoms with van der Waals surface area (Å²) in [5.41, 5.74) is 5.53. The number of nitrogens with one attached hydrogen (secondary N) is 1. The predicted molar refractivity (Wildman–Crippen MR) is 107 cm³/mol. The third-order valence-electron chi connectivity index (χ3n) is 3.98. The predicted octanol–water partition coefficient (Wildman–Crippen LogP) is 4.64. The van der Waals surface area contributed by atoms with Gasteiger partial charge in [-0.1, -0.05) is 24.3 Å². The van der Waals surface area contributed by atoms with E-state index in [1.165, 1.54) is 41.9 Å². The molecule has 2 aromatic heterocycles. The molecular weight excluding hydrogens is 379 g/mol. The molecule has 0 spiro atoms. The highest BCUT2D eigenvalue weighted by Crippen LogP contribution is 2.35. The number of hydrazone groups is 1. The standard InChI is InChI=1S/C20H13FN4O2S/c21-15-7-5-13(6-8-15)17-9-16-18(28-17)19(23-11-22-16)25-24-10-12-1-3-14(4-2-12)20(26)27/h1-11H,(H,26,27)(H,22,23,25)/b24-10+. The Morgan fingerprint density at radius 1 is 1.11 bits per heavy atom.